The van der Waals surface area contributed by atoms with Crippen LogP contribution in [0.1, 0.15) is 35.1 Å². The van der Waals surface area contributed by atoms with Crippen LogP contribution in [0.5, 0.6) is 5.75 Å². The molecule has 21 heavy (non-hydrogen) atoms. The summed E-state index contributed by atoms with van der Waals surface area (Å²) in [7, 11) is 1.79. The Morgan fingerprint density at radius 3 is 2.29 bits per heavy atom. The molecular formula is C15H19N2O4+. The van der Waals surface area contributed by atoms with E-state index in [0.717, 1.165) is 16.0 Å². The molecule has 2 aromatic rings. The van der Waals surface area contributed by atoms with E-state index in [4.69, 9.17) is 5.11 Å². The van der Waals surface area contributed by atoms with Crippen molar-refractivity contribution in [3.63, 3.8) is 0 Å². The maximum Gasteiger partial charge on any atom is 0.304 e. The standard InChI is InChI=1S/C15H18N2O4/c1-9-10(2)17(21)15(16(9)3)13(8-14(19)20)11-4-6-12(18)7-5-11/h4-7,13H,8H2,1-3H3,(H2-,18,19,20,21)/p+1/t13-/m0/s1. The molecule has 3 N–H and O–H groups in total. The second kappa shape index (κ2) is 5.47. The van der Waals surface area contributed by atoms with Crippen LogP contribution in [-0.4, -0.2) is 26.1 Å². The van der Waals surface area contributed by atoms with Crippen LogP contribution in [0.3, 0.4) is 0 Å². The summed E-state index contributed by atoms with van der Waals surface area (Å²) in [6, 6.07) is 6.35. The van der Waals surface area contributed by atoms with Gasteiger partial charge in [0.2, 0.25) is 0 Å². The molecule has 0 fully saturated rings. The van der Waals surface area contributed by atoms with Gasteiger partial charge in [-0.2, -0.15) is 0 Å². The zero-order valence-corrected chi connectivity index (χ0v) is 12.2. The van der Waals surface area contributed by atoms with E-state index in [-0.39, 0.29) is 12.2 Å². The van der Waals surface area contributed by atoms with E-state index in [0.29, 0.717) is 11.5 Å². The number of phenolic OH excluding ortho intramolecular Hbond substituents is 1. The molecule has 0 aliphatic carbocycles. The van der Waals surface area contributed by atoms with Gasteiger partial charge in [-0.25, -0.2) is 4.57 Å². The van der Waals surface area contributed by atoms with Crippen LogP contribution in [0.25, 0.3) is 0 Å². The fraction of sp³-hybridized carbons (Fsp3) is 0.333. The Kier molecular flexibility index (Phi) is 3.88. The number of aromatic nitrogens is 2. The molecule has 0 amide bonds. The van der Waals surface area contributed by atoms with Crippen molar-refractivity contribution in [2.24, 2.45) is 7.05 Å². The van der Waals surface area contributed by atoms with Crippen molar-refractivity contribution in [2.45, 2.75) is 26.2 Å². The van der Waals surface area contributed by atoms with Crippen molar-refractivity contribution < 1.29 is 24.8 Å². The van der Waals surface area contributed by atoms with Crippen LogP contribution < -0.4 is 4.57 Å². The number of carboxylic acid groups (broad SMARTS) is 1. The van der Waals surface area contributed by atoms with Crippen LogP contribution in [0.4, 0.5) is 0 Å². The largest absolute Gasteiger partial charge is 0.508 e. The van der Waals surface area contributed by atoms with Gasteiger partial charge in [0.05, 0.1) is 19.4 Å². The van der Waals surface area contributed by atoms with E-state index in [1.54, 1.807) is 30.7 Å². The fourth-order valence-electron chi connectivity index (χ4n) is 2.50. The second-order valence-electron chi connectivity index (χ2n) is 5.14. The lowest BCUT2D eigenvalue weighted by Gasteiger charge is -2.12. The first-order chi connectivity index (χ1) is 9.82. The Bertz CT molecular complexity index is 648. The Labute approximate surface area is 122 Å². The first-order valence-electron chi connectivity index (χ1n) is 6.60. The molecule has 1 heterocycles. The van der Waals surface area contributed by atoms with Crippen molar-refractivity contribution in [3.05, 3.63) is 47.0 Å². The number of phenols is 1. The van der Waals surface area contributed by atoms with Crippen LogP contribution >= 0.6 is 0 Å². The summed E-state index contributed by atoms with van der Waals surface area (Å²) in [5, 5.41) is 28.8. The number of hydrogen-bond donors (Lipinski definition) is 3. The number of aromatic hydroxyl groups is 1. The molecule has 0 saturated heterocycles. The van der Waals surface area contributed by atoms with Crippen molar-refractivity contribution in [1.29, 1.82) is 0 Å². The monoisotopic (exact) mass is 291 g/mol. The van der Waals surface area contributed by atoms with Crippen molar-refractivity contribution >= 4 is 5.97 Å². The number of carbonyl (C=O) groups is 1. The fourth-order valence-corrected chi connectivity index (χ4v) is 2.50. The molecule has 0 aliphatic rings. The molecule has 1 aromatic heterocycles. The lowest BCUT2D eigenvalue weighted by molar-refractivity contribution is -0.686. The number of nitrogens with zero attached hydrogens (tertiary/aromatic N) is 2. The van der Waals surface area contributed by atoms with E-state index in [9.17, 15) is 15.1 Å². The normalized spacial score (nSPS) is 12.3. The molecule has 0 unspecified atom stereocenters. The second-order valence-corrected chi connectivity index (χ2v) is 5.14. The molecule has 112 valence electrons. The molecule has 0 bridgehead atoms. The minimum atomic E-state index is -0.954. The number of rotatable bonds is 4. The predicted octanol–water partition coefficient (Wildman–Crippen LogP) is 1.48. The average Bonchev–Trinajstić information content (AvgIpc) is 2.62. The average molecular weight is 291 g/mol. The molecule has 0 radical (unpaired) electrons. The molecule has 0 saturated carbocycles. The van der Waals surface area contributed by atoms with Gasteiger partial charge in [0.25, 0.3) is 0 Å². The van der Waals surface area contributed by atoms with E-state index >= 15 is 0 Å². The Morgan fingerprint density at radius 1 is 1.29 bits per heavy atom. The first-order valence-corrected chi connectivity index (χ1v) is 6.60. The SMILES string of the molecule is Cc1c(C)[n+](C)c([C@@H](CC(=O)O)c2ccc(O)cc2)n1O. The van der Waals surface area contributed by atoms with Gasteiger partial charge in [0.15, 0.2) is 5.69 Å². The summed E-state index contributed by atoms with van der Waals surface area (Å²) in [5.41, 5.74) is 2.25. The zero-order chi connectivity index (χ0) is 15.7. The summed E-state index contributed by atoms with van der Waals surface area (Å²) in [4.78, 5) is 11.2. The maximum absolute atomic E-state index is 11.2. The van der Waals surface area contributed by atoms with Crippen LogP contribution in [0.2, 0.25) is 0 Å². The van der Waals surface area contributed by atoms with E-state index in [1.807, 2.05) is 6.92 Å². The van der Waals surface area contributed by atoms with E-state index in [1.165, 1.54) is 12.1 Å². The summed E-state index contributed by atoms with van der Waals surface area (Å²) >= 11 is 0. The molecule has 2 rings (SSSR count). The highest BCUT2D eigenvalue weighted by Gasteiger charge is 2.33. The molecule has 1 atom stereocenters. The number of benzene rings is 1. The minimum absolute atomic E-state index is 0.115. The third kappa shape index (κ3) is 2.69. The number of aliphatic carboxylic acids is 1. The third-order valence-electron chi connectivity index (χ3n) is 3.89. The highest BCUT2D eigenvalue weighted by Crippen LogP contribution is 2.28. The smallest absolute Gasteiger partial charge is 0.304 e. The molecule has 6 heteroatoms. The lowest BCUT2D eigenvalue weighted by Crippen LogP contribution is -2.37. The van der Waals surface area contributed by atoms with Gasteiger partial charge in [0.1, 0.15) is 11.4 Å². The van der Waals surface area contributed by atoms with Crippen LogP contribution in [0, 0.1) is 13.8 Å². The maximum atomic E-state index is 11.2. The van der Waals surface area contributed by atoms with E-state index in [2.05, 4.69) is 0 Å². The minimum Gasteiger partial charge on any atom is -0.508 e. The first kappa shape index (κ1) is 14.9. The zero-order valence-electron chi connectivity index (χ0n) is 12.2. The molecule has 6 nitrogen and oxygen atoms in total. The molecule has 0 spiro atoms. The highest BCUT2D eigenvalue weighted by atomic mass is 16.5. The summed E-state index contributed by atoms with van der Waals surface area (Å²) in [6.45, 7) is 3.63. The summed E-state index contributed by atoms with van der Waals surface area (Å²) in [5.74, 6) is -0.850. The lowest BCUT2D eigenvalue weighted by atomic mass is 9.94. The number of imidazole rings is 1. The van der Waals surface area contributed by atoms with Gasteiger partial charge in [-0.15, -0.1) is 0 Å². The number of hydrogen-bond acceptors (Lipinski definition) is 3. The Hall–Kier alpha value is -2.50. The van der Waals surface area contributed by atoms with Gasteiger partial charge in [-0.3, -0.25) is 4.79 Å². The van der Waals surface area contributed by atoms with Gasteiger partial charge in [-0.1, -0.05) is 12.1 Å². The Morgan fingerprint density at radius 2 is 1.86 bits per heavy atom. The molecular weight excluding hydrogens is 272 g/mol. The molecule has 0 aliphatic heterocycles. The van der Waals surface area contributed by atoms with E-state index < -0.39 is 11.9 Å². The Balaban J connectivity index is 2.58. The quantitative estimate of drug-likeness (QED) is 0.588. The third-order valence-corrected chi connectivity index (χ3v) is 3.89. The molecule has 1 aromatic carbocycles. The highest BCUT2D eigenvalue weighted by molar-refractivity contribution is 5.68. The van der Waals surface area contributed by atoms with Gasteiger partial charge in [-0.05, 0) is 22.4 Å². The van der Waals surface area contributed by atoms with Crippen LogP contribution in [-0.2, 0) is 11.8 Å². The van der Waals surface area contributed by atoms with Gasteiger partial charge < -0.3 is 15.4 Å². The van der Waals surface area contributed by atoms with Crippen molar-refractivity contribution in [2.75, 3.05) is 0 Å². The van der Waals surface area contributed by atoms with Crippen molar-refractivity contribution in [3.8, 4) is 5.75 Å². The van der Waals surface area contributed by atoms with Gasteiger partial charge in [0, 0.05) is 13.8 Å². The topological polar surface area (TPSA) is 86.6 Å². The summed E-state index contributed by atoms with van der Waals surface area (Å²) < 4.78 is 2.82. The van der Waals surface area contributed by atoms with Gasteiger partial charge >= 0.3 is 11.8 Å². The predicted molar refractivity (Wildman–Crippen MR) is 74.5 cm³/mol. The van der Waals surface area contributed by atoms with Crippen LogP contribution in [0.15, 0.2) is 24.3 Å². The number of carboxylic acids is 1. The summed E-state index contributed by atoms with van der Waals surface area (Å²) in [6.07, 6.45) is -0.151. The van der Waals surface area contributed by atoms with Crippen molar-refractivity contribution in [1.82, 2.24) is 4.73 Å².